The number of nitro groups is 1. The normalized spacial score (nSPS) is 12.3. The lowest BCUT2D eigenvalue weighted by atomic mass is 10.2. The number of hydrogen-bond donors (Lipinski definition) is 0. The molecule has 1 atom stereocenters. The second-order valence-corrected chi connectivity index (χ2v) is 6.65. The molecule has 0 saturated carbocycles. The molecule has 100 valence electrons. The fraction of sp³-hybridized carbons (Fsp3) is 0.182. The number of thiazole rings is 1. The largest absolute Gasteiger partial charge is 0.609 e. The molecule has 0 fully saturated rings. The highest BCUT2D eigenvalue weighted by Crippen LogP contribution is 2.23. The molecule has 0 aliphatic heterocycles. The van der Waals surface area contributed by atoms with E-state index in [1.54, 1.807) is 18.3 Å². The molecule has 0 N–H and O–H groups in total. The SMILES string of the molecule is O=[N+]([O-])c1ccc(C[S+]([O-])c2ncc(CCl)s2)cc1. The molecule has 0 saturated heterocycles. The summed E-state index contributed by atoms with van der Waals surface area (Å²) < 4.78 is 12.6. The van der Waals surface area contributed by atoms with E-state index in [0.29, 0.717) is 10.2 Å². The van der Waals surface area contributed by atoms with Crippen LogP contribution < -0.4 is 0 Å². The molecule has 2 rings (SSSR count). The van der Waals surface area contributed by atoms with E-state index in [2.05, 4.69) is 4.98 Å². The maximum Gasteiger partial charge on any atom is 0.302 e. The number of hydrogen-bond acceptors (Lipinski definition) is 5. The van der Waals surface area contributed by atoms with Gasteiger partial charge >= 0.3 is 4.34 Å². The van der Waals surface area contributed by atoms with E-state index >= 15 is 0 Å². The number of aromatic nitrogens is 1. The van der Waals surface area contributed by atoms with Crippen molar-refractivity contribution in [2.75, 3.05) is 0 Å². The summed E-state index contributed by atoms with van der Waals surface area (Å²) in [6.45, 7) is 0. The van der Waals surface area contributed by atoms with Crippen LogP contribution in [-0.4, -0.2) is 14.5 Å². The summed E-state index contributed by atoms with van der Waals surface area (Å²) in [5.41, 5.74) is 0.791. The molecule has 19 heavy (non-hydrogen) atoms. The number of non-ortho nitro benzene ring substituents is 1. The fourth-order valence-electron chi connectivity index (χ4n) is 1.38. The number of benzene rings is 1. The minimum atomic E-state index is -1.25. The summed E-state index contributed by atoms with van der Waals surface area (Å²) in [5, 5.41) is 10.5. The number of nitrogens with zero attached hydrogens (tertiary/aromatic N) is 2. The van der Waals surface area contributed by atoms with Crippen molar-refractivity contribution in [1.29, 1.82) is 0 Å². The highest BCUT2D eigenvalue weighted by molar-refractivity contribution is 7.92. The zero-order chi connectivity index (χ0) is 13.8. The van der Waals surface area contributed by atoms with Crippen molar-refractivity contribution in [3.05, 3.63) is 51.0 Å². The number of halogens is 1. The Hall–Kier alpha value is -1.15. The van der Waals surface area contributed by atoms with Gasteiger partial charge in [0, 0.05) is 39.9 Å². The van der Waals surface area contributed by atoms with Crippen molar-refractivity contribution < 1.29 is 9.48 Å². The summed E-state index contributed by atoms with van der Waals surface area (Å²) in [6.07, 6.45) is 1.61. The van der Waals surface area contributed by atoms with Crippen LogP contribution in [-0.2, 0) is 22.8 Å². The molecule has 0 aliphatic carbocycles. The van der Waals surface area contributed by atoms with Gasteiger partial charge in [0.1, 0.15) is 5.75 Å². The van der Waals surface area contributed by atoms with Crippen LogP contribution in [0.15, 0.2) is 34.8 Å². The third-order valence-corrected chi connectivity index (χ3v) is 5.44. The topological polar surface area (TPSA) is 79.1 Å². The Morgan fingerprint density at radius 1 is 1.37 bits per heavy atom. The van der Waals surface area contributed by atoms with Crippen molar-refractivity contribution >= 4 is 39.8 Å². The number of rotatable bonds is 5. The van der Waals surface area contributed by atoms with Gasteiger partial charge in [0.05, 0.1) is 10.8 Å². The van der Waals surface area contributed by atoms with Crippen LogP contribution in [0.3, 0.4) is 0 Å². The summed E-state index contributed by atoms with van der Waals surface area (Å²) in [6, 6.07) is 6.01. The maximum atomic E-state index is 12.0. The Morgan fingerprint density at radius 3 is 2.58 bits per heavy atom. The molecule has 1 aromatic heterocycles. The van der Waals surface area contributed by atoms with Gasteiger partial charge in [-0.05, 0) is 12.1 Å². The van der Waals surface area contributed by atoms with Gasteiger partial charge in [-0.25, -0.2) is 0 Å². The first kappa shape index (κ1) is 14.3. The molecule has 0 aliphatic rings. The third-order valence-electron chi connectivity index (χ3n) is 2.30. The van der Waals surface area contributed by atoms with Crippen molar-refractivity contribution in [3.63, 3.8) is 0 Å². The van der Waals surface area contributed by atoms with E-state index in [9.17, 15) is 14.7 Å². The quantitative estimate of drug-likeness (QED) is 0.367. The van der Waals surface area contributed by atoms with Crippen LogP contribution in [0.4, 0.5) is 5.69 Å². The third kappa shape index (κ3) is 3.66. The summed E-state index contributed by atoms with van der Waals surface area (Å²) in [5.74, 6) is 0.639. The molecule has 8 heteroatoms. The van der Waals surface area contributed by atoms with Gasteiger partial charge in [0.25, 0.3) is 5.69 Å². The Morgan fingerprint density at radius 2 is 2.05 bits per heavy atom. The van der Waals surface area contributed by atoms with Gasteiger partial charge in [0.2, 0.25) is 0 Å². The Bertz CT molecular complexity index is 574. The predicted octanol–water partition coefficient (Wildman–Crippen LogP) is 3.10. The van der Waals surface area contributed by atoms with Crippen molar-refractivity contribution in [2.24, 2.45) is 0 Å². The predicted molar refractivity (Wildman–Crippen MR) is 74.9 cm³/mol. The average Bonchev–Trinajstić information content (AvgIpc) is 2.88. The molecule has 1 aromatic carbocycles. The van der Waals surface area contributed by atoms with E-state index < -0.39 is 16.1 Å². The van der Waals surface area contributed by atoms with Gasteiger partial charge in [-0.2, -0.15) is 4.98 Å². The van der Waals surface area contributed by atoms with Crippen LogP contribution in [0.2, 0.25) is 0 Å². The Kier molecular flexibility index (Phi) is 4.76. The van der Waals surface area contributed by atoms with E-state index in [4.69, 9.17) is 11.6 Å². The summed E-state index contributed by atoms with van der Waals surface area (Å²) in [4.78, 5) is 15.0. The Labute approximate surface area is 121 Å². The van der Waals surface area contributed by atoms with Gasteiger partial charge in [-0.1, -0.05) is 11.3 Å². The van der Waals surface area contributed by atoms with Gasteiger partial charge < -0.3 is 4.55 Å². The lowest BCUT2D eigenvalue weighted by molar-refractivity contribution is -0.384. The summed E-state index contributed by atoms with van der Waals surface area (Å²) in [7, 11) is 0. The molecule has 1 unspecified atom stereocenters. The zero-order valence-corrected chi connectivity index (χ0v) is 12.0. The molecule has 0 spiro atoms. The highest BCUT2D eigenvalue weighted by Gasteiger charge is 2.17. The van der Waals surface area contributed by atoms with Crippen LogP contribution in [0.25, 0.3) is 0 Å². The smallest absolute Gasteiger partial charge is 0.302 e. The second kappa shape index (κ2) is 6.33. The average molecular weight is 317 g/mol. The molecular weight excluding hydrogens is 308 g/mol. The van der Waals surface area contributed by atoms with Crippen LogP contribution >= 0.6 is 22.9 Å². The van der Waals surface area contributed by atoms with Crippen molar-refractivity contribution in [2.45, 2.75) is 16.0 Å². The minimum Gasteiger partial charge on any atom is -0.609 e. The van der Waals surface area contributed by atoms with Crippen molar-refractivity contribution in [1.82, 2.24) is 4.98 Å². The van der Waals surface area contributed by atoms with Gasteiger partial charge in [-0.15, -0.1) is 11.6 Å². The fourth-order valence-corrected chi connectivity index (χ4v) is 3.76. The van der Waals surface area contributed by atoms with E-state index in [0.717, 1.165) is 10.4 Å². The molecule has 2 aromatic rings. The summed E-state index contributed by atoms with van der Waals surface area (Å²) >= 11 is 5.72. The second-order valence-electron chi connectivity index (χ2n) is 3.64. The van der Waals surface area contributed by atoms with Crippen LogP contribution in [0, 0.1) is 10.1 Å². The maximum absolute atomic E-state index is 12.0. The van der Waals surface area contributed by atoms with Gasteiger partial charge in [-0.3, -0.25) is 10.1 Å². The van der Waals surface area contributed by atoms with E-state index in [-0.39, 0.29) is 11.4 Å². The first-order chi connectivity index (χ1) is 9.10. The lowest BCUT2D eigenvalue weighted by Crippen LogP contribution is -2.04. The zero-order valence-electron chi connectivity index (χ0n) is 9.61. The molecule has 5 nitrogen and oxygen atoms in total. The number of nitro benzene ring substituents is 1. The lowest BCUT2D eigenvalue weighted by Gasteiger charge is -2.06. The monoisotopic (exact) mass is 316 g/mol. The van der Waals surface area contributed by atoms with Crippen LogP contribution in [0.5, 0.6) is 0 Å². The molecular formula is C11H9ClN2O3S2. The van der Waals surface area contributed by atoms with Gasteiger partial charge in [0.15, 0.2) is 0 Å². The molecule has 0 bridgehead atoms. The highest BCUT2D eigenvalue weighted by atomic mass is 35.5. The van der Waals surface area contributed by atoms with E-state index in [1.807, 2.05) is 0 Å². The van der Waals surface area contributed by atoms with E-state index in [1.165, 1.54) is 23.5 Å². The Balaban J connectivity index is 2.05. The molecule has 0 amide bonds. The van der Waals surface area contributed by atoms with Crippen LogP contribution in [0.1, 0.15) is 10.4 Å². The first-order valence-corrected chi connectivity index (χ1v) is 7.89. The van der Waals surface area contributed by atoms with Crippen molar-refractivity contribution in [3.8, 4) is 0 Å². The molecule has 0 radical (unpaired) electrons. The number of alkyl halides is 1. The molecule has 1 heterocycles. The standard InChI is InChI=1S/C11H9ClN2O3S2/c12-5-10-6-13-11(18-10)19(17)7-8-1-3-9(4-2-8)14(15)16/h1-4,6H,5,7H2. The minimum absolute atomic E-state index is 0.0215. The first-order valence-electron chi connectivity index (χ1n) is 5.22.